The lowest BCUT2D eigenvalue weighted by atomic mass is 10.2. The van der Waals surface area contributed by atoms with E-state index in [-0.39, 0.29) is 0 Å². The summed E-state index contributed by atoms with van der Waals surface area (Å²) in [5, 5.41) is 3.28. The van der Waals surface area contributed by atoms with Crippen LogP contribution in [0.25, 0.3) is 0 Å². The van der Waals surface area contributed by atoms with Crippen LogP contribution in [-0.4, -0.2) is 11.5 Å². The fourth-order valence-electron chi connectivity index (χ4n) is 0.928. The van der Waals surface area contributed by atoms with Crippen molar-refractivity contribution in [3.8, 4) is 0 Å². The van der Waals surface area contributed by atoms with Crippen molar-refractivity contribution in [2.24, 2.45) is 5.18 Å². The van der Waals surface area contributed by atoms with E-state index in [1.165, 1.54) is 0 Å². The molecule has 4 heteroatoms. The fourth-order valence-corrected chi connectivity index (χ4v) is 1.03. The number of hydrogen-bond donors (Lipinski definition) is 0. The van der Waals surface area contributed by atoms with E-state index in [1.807, 2.05) is 13.0 Å². The largest absolute Gasteiger partial charge is 0.244 e. The molecular weight excluding hydrogens is 176 g/mol. The maximum absolute atomic E-state index is 9.83. The van der Waals surface area contributed by atoms with Gasteiger partial charge < -0.3 is 0 Å². The Kier molecular flexibility index (Phi) is 3.17. The molecule has 0 unspecified atom stereocenters. The predicted molar refractivity (Wildman–Crippen MR) is 48.4 cm³/mol. The van der Waals surface area contributed by atoms with Crippen molar-refractivity contribution in [2.45, 2.75) is 13.3 Å². The van der Waals surface area contributed by atoms with E-state index in [4.69, 9.17) is 11.6 Å². The van der Waals surface area contributed by atoms with Gasteiger partial charge in [0.05, 0.1) is 6.54 Å². The number of aryl methyl sites for hydroxylation is 1. The molecule has 0 spiro atoms. The Balaban J connectivity index is 2.75. The average molecular weight is 185 g/mol. The number of hydrogen-bond acceptors (Lipinski definition) is 3. The van der Waals surface area contributed by atoms with Crippen molar-refractivity contribution in [3.63, 3.8) is 0 Å². The molecule has 0 N–H and O–H groups in total. The molecule has 0 fully saturated rings. The molecule has 0 atom stereocenters. The molecule has 0 aliphatic heterocycles. The highest BCUT2D eigenvalue weighted by molar-refractivity contribution is 6.30. The van der Waals surface area contributed by atoms with E-state index in [2.05, 4.69) is 10.2 Å². The zero-order chi connectivity index (χ0) is 8.97. The van der Waals surface area contributed by atoms with E-state index in [0.717, 1.165) is 11.1 Å². The molecule has 0 amide bonds. The van der Waals surface area contributed by atoms with Crippen molar-refractivity contribution in [2.75, 3.05) is 6.54 Å². The SMILES string of the molecule is Cc1cc(CCN=O)cnc1Cl. The number of aromatic nitrogens is 1. The van der Waals surface area contributed by atoms with Crippen molar-refractivity contribution in [1.29, 1.82) is 0 Å². The first kappa shape index (κ1) is 9.13. The highest BCUT2D eigenvalue weighted by Gasteiger charge is 1.98. The van der Waals surface area contributed by atoms with Gasteiger partial charge in [-0.2, -0.15) is 4.91 Å². The lowest BCUT2D eigenvalue weighted by Gasteiger charge is -1.99. The van der Waals surface area contributed by atoms with E-state index in [0.29, 0.717) is 18.1 Å². The molecule has 1 aromatic heterocycles. The zero-order valence-corrected chi connectivity index (χ0v) is 7.51. The van der Waals surface area contributed by atoms with Crippen LogP contribution in [0.3, 0.4) is 0 Å². The third kappa shape index (κ3) is 2.27. The van der Waals surface area contributed by atoms with Gasteiger partial charge in [0, 0.05) is 6.20 Å². The molecule has 12 heavy (non-hydrogen) atoms. The summed E-state index contributed by atoms with van der Waals surface area (Å²) < 4.78 is 0. The maximum atomic E-state index is 9.83. The Bertz CT molecular complexity index is 288. The predicted octanol–water partition coefficient (Wildman–Crippen LogP) is 2.35. The molecule has 0 radical (unpaired) electrons. The third-order valence-electron chi connectivity index (χ3n) is 1.56. The number of nitroso groups, excluding NO2 is 1. The molecule has 0 saturated carbocycles. The minimum Gasteiger partial charge on any atom is -0.244 e. The number of rotatable bonds is 3. The first-order valence-corrected chi connectivity index (χ1v) is 4.02. The monoisotopic (exact) mass is 184 g/mol. The first-order valence-electron chi connectivity index (χ1n) is 3.64. The van der Waals surface area contributed by atoms with Crippen LogP contribution in [0.1, 0.15) is 11.1 Å². The average Bonchev–Trinajstić information content (AvgIpc) is 2.07. The van der Waals surface area contributed by atoms with Crippen LogP contribution in [0.2, 0.25) is 5.15 Å². The number of nitrogens with zero attached hydrogens (tertiary/aromatic N) is 2. The molecule has 64 valence electrons. The van der Waals surface area contributed by atoms with Crippen LogP contribution >= 0.6 is 11.6 Å². The molecule has 0 aliphatic rings. The highest BCUT2D eigenvalue weighted by Crippen LogP contribution is 2.12. The van der Waals surface area contributed by atoms with Crippen LogP contribution in [0, 0.1) is 11.8 Å². The molecule has 3 nitrogen and oxygen atoms in total. The zero-order valence-electron chi connectivity index (χ0n) is 6.75. The maximum Gasteiger partial charge on any atom is 0.131 e. The Morgan fingerprint density at radius 2 is 2.42 bits per heavy atom. The topological polar surface area (TPSA) is 42.3 Å². The number of halogens is 1. The highest BCUT2D eigenvalue weighted by atomic mass is 35.5. The van der Waals surface area contributed by atoms with Gasteiger partial charge in [0.1, 0.15) is 5.15 Å². The van der Waals surface area contributed by atoms with Gasteiger partial charge in [-0.3, -0.25) is 0 Å². The standard InChI is InChI=1S/C8H9ClN2O/c1-6-4-7(2-3-11-12)5-10-8(6)9/h4-5H,2-3H2,1H3. The van der Waals surface area contributed by atoms with E-state index >= 15 is 0 Å². The molecule has 1 aromatic rings. The first-order chi connectivity index (χ1) is 5.74. The summed E-state index contributed by atoms with van der Waals surface area (Å²) in [5.74, 6) is 0. The van der Waals surface area contributed by atoms with Crippen LogP contribution < -0.4 is 0 Å². The fraction of sp³-hybridized carbons (Fsp3) is 0.375. The van der Waals surface area contributed by atoms with Gasteiger partial charge >= 0.3 is 0 Å². The molecule has 1 heterocycles. The van der Waals surface area contributed by atoms with Crippen molar-refractivity contribution in [1.82, 2.24) is 4.98 Å². The van der Waals surface area contributed by atoms with Gasteiger partial charge in [-0.15, -0.1) is 0 Å². The molecule has 1 rings (SSSR count). The van der Waals surface area contributed by atoms with Crippen LogP contribution in [-0.2, 0) is 6.42 Å². The summed E-state index contributed by atoms with van der Waals surface area (Å²) in [7, 11) is 0. The van der Waals surface area contributed by atoms with Gasteiger partial charge in [-0.1, -0.05) is 22.8 Å². The quantitative estimate of drug-likeness (QED) is 0.535. The lowest BCUT2D eigenvalue weighted by Crippen LogP contribution is -1.91. The Labute approximate surface area is 75.7 Å². The normalized spacial score (nSPS) is 9.83. The van der Waals surface area contributed by atoms with Crippen LogP contribution in [0.15, 0.2) is 17.4 Å². The van der Waals surface area contributed by atoms with Crippen molar-refractivity contribution < 1.29 is 0 Å². The summed E-state index contributed by atoms with van der Waals surface area (Å²) in [5.41, 5.74) is 1.93. The summed E-state index contributed by atoms with van der Waals surface area (Å²) in [6, 6.07) is 1.92. The molecule has 0 bridgehead atoms. The van der Waals surface area contributed by atoms with Crippen LogP contribution in [0.5, 0.6) is 0 Å². The number of pyridine rings is 1. The lowest BCUT2D eigenvalue weighted by molar-refractivity contribution is 0.948. The molecule has 0 aliphatic carbocycles. The summed E-state index contributed by atoms with van der Waals surface area (Å²) in [6.07, 6.45) is 2.30. The Morgan fingerprint density at radius 1 is 1.67 bits per heavy atom. The molecular formula is C8H9ClN2O. The van der Waals surface area contributed by atoms with Gasteiger partial charge in [-0.25, -0.2) is 4.98 Å². The molecule has 0 saturated heterocycles. The smallest absolute Gasteiger partial charge is 0.131 e. The van der Waals surface area contributed by atoms with E-state index in [1.54, 1.807) is 6.20 Å². The Hall–Kier alpha value is -0.960. The third-order valence-corrected chi connectivity index (χ3v) is 1.96. The summed E-state index contributed by atoms with van der Waals surface area (Å²) >= 11 is 5.72. The van der Waals surface area contributed by atoms with Crippen LogP contribution in [0.4, 0.5) is 0 Å². The van der Waals surface area contributed by atoms with E-state index < -0.39 is 0 Å². The van der Waals surface area contributed by atoms with Gasteiger partial charge in [0.25, 0.3) is 0 Å². The minimum atomic E-state index is 0.294. The summed E-state index contributed by atoms with van der Waals surface area (Å²) in [4.78, 5) is 13.8. The second-order valence-electron chi connectivity index (χ2n) is 2.55. The van der Waals surface area contributed by atoms with Gasteiger partial charge in [-0.05, 0) is 24.5 Å². The second kappa shape index (κ2) is 4.16. The Morgan fingerprint density at radius 3 is 3.00 bits per heavy atom. The van der Waals surface area contributed by atoms with Gasteiger partial charge in [0.15, 0.2) is 0 Å². The van der Waals surface area contributed by atoms with Crippen molar-refractivity contribution >= 4 is 11.6 Å². The van der Waals surface area contributed by atoms with Crippen molar-refractivity contribution in [3.05, 3.63) is 33.5 Å². The minimum absolute atomic E-state index is 0.294. The second-order valence-corrected chi connectivity index (χ2v) is 2.91. The van der Waals surface area contributed by atoms with E-state index in [9.17, 15) is 4.91 Å². The molecule has 0 aromatic carbocycles. The van der Waals surface area contributed by atoms with Gasteiger partial charge in [0.2, 0.25) is 0 Å². The summed E-state index contributed by atoms with van der Waals surface area (Å²) in [6.45, 7) is 2.18.